The summed E-state index contributed by atoms with van der Waals surface area (Å²) in [5.41, 5.74) is 5.67. The Labute approximate surface area is 277 Å². The van der Waals surface area contributed by atoms with Crippen molar-refractivity contribution in [2.45, 2.75) is 42.2 Å². The van der Waals surface area contributed by atoms with E-state index in [1.54, 1.807) is 6.07 Å². The van der Waals surface area contributed by atoms with Crippen LogP contribution in [0.15, 0.2) is 114 Å². The number of benzene rings is 4. The molecule has 0 bridgehead atoms. The third kappa shape index (κ3) is 6.93. The van der Waals surface area contributed by atoms with Gasteiger partial charge in [-0.15, -0.1) is 23.1 Å². The van der Waals surface area contributed by atoms with Crippen LogP contribution < -0.4 is 10.6 Å². The Hall–Kier alpha value is -4.66. The fourth-order valence-electron chi connectivity index (χ4n) is 5.89. The Balaban J connectivity index is 1.26. The Bertz CT molecular complexity index is 1870. The lowest BCUT2D eigenvalue weighted by atomic mass is 9.83. The van der Waals surface area contributed by atoms with Crippen molar-refractivity contribution < 1.29 is 19.1 Å². The van der Waals surface area contributed by atoms with E-state index in [0.717, 1.165) is 45.7 Å². The molecular formula is C38H34N2O4S2. The van der Waals surface area contributed by atoms with Gasteiger partial charge >= 0.3 is 5.97 Å². The van der Waals surface area contributed by atoms with Crippen molar-refractivity contribution in [3.05, 3.63) is 147 Å². The monoisotopic (exact) mass is 646 g/mol. The molecule has 6 nitrogen and oxygen atoms in total. The maximum atomic E-state index is 14.1. The number of fused-ring (bicyclic) bond motifs is 1. The Morgan fingerprint density at radius 1 is 0.870 bits per heavy atom. The van der Waals surface area contributed by atoms with Crippen LogP contribution in [0.4, 0.5) is 10.7 Å². The SMILES string of the molecule is COC(=O)c1c(NC(=O)C(Sc2cccc(NC(=O)c3ccccc3C)c2)c2ccccc2)sc2c1CCC(c1ccccc1)C2. The second-order valence-corrected chi connectivity index (χ2v) is 13.5. The van der Waals surface area contributed by atoms with Gasteiger partial charge in [-0.25, -0.2) is 4.79 Å². The van der Waals surface area contributed by atoms with Crippen LogP contribution in [-0.2, 0) is 22.4 Å². The third-order valence-electron chi connectivity index (χ3n) is 8.24. The third-order valence-corrected chi connectivity index (χ3v) is 10.7. The second-order valence-electron chi connectivity index (χ2n) is 11.2. The lowest BCUT2D eigenvalue weighted by Gasteiger charge is -2.22. The molecule has 0 fully saturated rings. The van der Waals surface area contributed by atoms with Crippen LogP contribution in [-0.4, -0.2) is 24.9 Å². The van der Waals surface area contributed by atoms with E-state index in [4.69, 9.17) is 4.74 Å². The fraction of sp³-hybridized carbons (Fsp3) is 0.184. The zero-order valence-corrected chi connectivity index (χ0v) is 27.3. The molecule has 0 radical (unpaired) electrons. The van der Waals surface area contributed by atoms with Gasteiger partial charge in [0.2, 0.25) is 5.91 Å². The number of thioether (sulfide) groups is 1. The minimum Gasteiger partial charge on any atom is -0.465 e. The molecule has 4 aromatic carbocycles. The van der Waals surface area contributed by atoms with Crippen LogP contribution in [0, 0.1) is 6.92 Å². The Morgan fingerprint density at radius 2 is 1.59 bits per heavy atom. The van der Waals surface area contributed by atoms with Crippen molar-refractivity contribution in [3.63, 3.8) is 0 Å². The fourth-order valence-corrected chi connectivity index (χ4v) is 8.29. The molecule has 0 saturated heterocycles. The van der Waals surface area contributed by atoms with E-state index in [1.807, 2.05) is 85.8 Å². The van der Waals surface area contributed by atoms with Crippen molar-refractivity contribution in [1.82, 2.24) is 0 Å². The molecule has 2 amide bonds. The van der Waals surface area contributed by atoms with Crippen molar-refractivity contribution >= 4 is 51.6 Å². The molecule has 0 spiro atoms. The number of esters is 1. The highest BCUT2D eigenvalue weighted by molar-refractivity contribution is 8.00. The van der Waals surface area contributed by atoms with Crippen molar-refractivity contribution in [1.29, 1.82) is 0 Å². The second kappa shape index (κ2) is 14.2. The average molecular weight is 647 g/mol. The predicted molar refractivity (Wildman–Crippen MR) is 186 cm³/mol. The van der Waals surface area contributed by atoms with Crippen LogP contribution >= 0.6 is 23.1 Å². The summed E-state index contributed by atoms with van der Waals surface area (Å²) >= 11 is 2.86. The lowest BCUT2D eigenvalue weighted by molar-refractivity contribution is -0.115. The van der Waals surface area contributed by atoms with Crippen LogP contribution in [0.1, 0.15) is 65.4 Å². The number of ether oxygens (including phenoxy) is 1. The molecule has 0 aliphatic heterocycles. The molecule has 5 aromatic rings. The van der Waals surface area contributed by atoms with E-state index >= 15 is 0 Å². The number of thiophene rings is 1. The first-order valence-electron chi connectivity index (χ1n) is 15.2. The number of nitrogens with one attached hydrogen (secondary N) is 2. The van der Waals surface area contributed by atoms with Crippen LogP contribution in [0.2, 0.25) is 0 Å². The van der Waals surface area contributed by atoms with Gasteiger partial charge in [-0.1, -0.05) is 84.9 Å². The Morgan fingerprint density at radius 3 is 2.33 bits per heavy atom. The summed E-state index contributed by atoms with van der Waals surface area (Å²) in [6, 6.07) is 34.9. The first kappa shape index (κ1) is 31.3. The van der Waals surface area contributed by atoms with Gasteiger partial charge in [0.25, 0.3) is 5.91 Å². The number of carbonyl (C=O) groups excluding carboxylic acids is 3. The molecule has 232 valence electrons. The molecule has 1 aliphatic carbocycles. The number of rotatable bonds is 9. The molecule has 1 aromatic heterocycles. The predicted octanol–water partition coefficient (Wildman–Crippen LogP) is 8.84. The molecule has 8 heteroatoms. The number of hydrogen-bond acceptors (Lipinski definition) is 6. The first-order valence-corrected chi connectivity index (χ1v) is 16.9. The van der Waals surface area contributed by atoms with Crippen LogP contribution in [0.5, 0.6) is 0 Å². The molecule has 0 saturated carbocycles. The normalized spacial score (nSPS) is 14.5. The van der Waals surface area contributed by atoms with Gasteiger partial charge in [0, 0.05) is 21.0 Å². The van der Waals surface area contributed by atoms with Gasteiger partial charge < -0.3 is 15.4 Å². The molecule has 2 N–H and O–H groups in total. The highest BCUT2D eigenvalue weighted by atomic mass is 32.2. The first-order chi connectivity index (χ1) is 22.4. The summed E-state index contributed by atoms with van der Waals surface area (Å²) in [5, 5.41) is 6.01. The maximum Gasteiger partial charge on any atom is 0.341 e. The van der Waals surface area contributed by atoms with Gasteiger partial charge in [0.15, 0.2) is 0 Å². The molecule has 1 heterocycles. The van der Waals surface area contributed by atoms with Crippen molar-refractivity contribution in [2.75, 3.05) is 17.7 Å². The van der Waals surface area contributed by atoms with E-state index < -0.39 is 11.2 Å². The number of methoxy groups -OCH3 is 1. The number of carbonyl (C=O) groups is 3. The number of anilines is 2. The summed E-state index contributed by atoms with van der Waals surface area (Å²) in [6.07, 6.45) is 2.47. The summed E-state index contributed by atoms with van der Waals surface area (Å²) in [4.78, 5) is 42.1. The van der Waals surface area contributed by atoms with Crippen LogP contribution in [0.25, 0.3) is 0 Å². The number of aryl methyl sites for hydroxylation is 1. The van der Waals surface area contributed by atoms with E-state index in [1.165, 1.54) is 35.8 Å². The van der Waals surface area contributed by atoms with Gasteiger partial charge in [-0.3, -0.25) is 9.59 Å². The van der Waals surface area contributed by atoms with Gasteiger partial charge in [0.05, 0.1) is 12.7 Å². The molecule has 2 unspecified atom stereocenters. The number of amides is 2. The van der Waals surface area contributed by atoms with E-state index in [2.05, 4.69) is 34.9 Å². The average Bonchev–Trinajstić information content (AvgIpc) is 3.44. The zero-order valence-electron chi connectivity index (χ0n) is 25.6. The summed E-state index contributed by atoms with van der Waals surface area (Å²) in [5.74, 6) is -0.516. The standard InChI is InChI=1S/C38H34N2O4S2/c1-24-12-9-10-19-30(24)35(41)39-28-17-11-18-29(23-28)45-34(26-15-7-4-8-16-26)36(42)40-37-33(38(43)44-2)31-21-20-27(22-32(31)46-37)25-13-5-3-6-14-25/h3-19,23,27,34H,20-22H2,1-2H3,(H,39,41)(H,40,42). The molecular weight excluding hydrogens is 613 g/mol. The van der Waals surface area contributed by atoms with Gasteiger partial charge in [-0.2, -0.15) is 0 Å². The van der Waals surface area contributed by atoms with Crippen molar-refractivity contribution in [3.8, 4) is 0 Å². The maximum absolute atomic E-state index is 14.1. The highest BCUT2D eigenvalue weighted by Crippen LogP contribution is 2.44. The molecule has 2 atom stereocenters. The quantitative estimate of drug-likeness (QED) is 0.124. The van der Waals surface area contributed by atoms with E-state index in [0.29, 0.717) is 27.7 Å². The summed E-state index contributed by atoms with van der Waals surface area (Å²) in [7, 11) is 1.38. The molecule has 1 aliphatic rings. The van der Waals surface area contributed by atoms with Crippen molar-refractivity contribution in [2.24, 2.45) is 0 Å². The Kier molecular flexibility index (Phi) is 9.66. The van der Waals surface area contributed by atoms with E-state index in [-0.39, 0.29) is 11.8 Å². The van der Waals surface area contributed by atoms with Gasteiger partial charge in [-0.05, 0) is 78.6 Å². The van der Waals surface area contributed by atoms with Crippen LogP contribution in [0.3, 0.4) is 0 Å². The zero-order chi connectivity index (χ0) is 32.0. The minimum atomic E-state index is -0.620. The van der Waals surface area contributed by atoms with Gasteiger partial charge in [0.1, 0.15) is 10.3 Å². The molecule has 46 heavy (non-hydrogen) atoms. The largest absolute Gasteiger partial charge is 0.465 e. The molecule has 6 rings (SSSR count). The number of hydrogen-bond donors (Lipinski definition) is 2. The summed E-state index contributed by atoms with van der Waals surface area (Å²) in [6.45, 7) is 1.90. The smallest absolute Gasteiger partial charge is 0.341 e. The lowest BCUT2D eigenvalue weighted by Crippen LogP contribution is -2.20. The van der Waals surface area contributed by atoms with E-state index in [9.17, 15) is 14.4 Å². The minimum absolute atomic E-state index is 0.191. The highest BCUT2D eigenvalue weighted by Gasteiger charge is 2.32. The topological polar surface area (TPSA) is 84.5 Å². The summed E-state index contributed by atoms with van der Waals surface area (Å²) < 4.78 is 5.20.